The van der Waals surface area contributed by atoms with E-state index in [1.165, 1.54) is 0 Å². The molecular formula is C13H8BrN2. The molecule has 2 nitrogen and oxygen atoms in total. The largest absolute Gasteiger partial charge is 0.233 e. The summed E-state index contributed by atoms with van der Waals surface area (Å²) in [5.41, 5.74) is 2.15. The molecule has 0 aliphatic rings. The third kappa shape index (κ3) is 1.53. The molecule has 3 rings (SSSR count). The molecule has 0 amide bonds. The van der Waals surface area contributed by atoms with Crippen LogP contribution < -0.4 is 0 Å². The summed E-state index contributed by atoms with van der Waals surface area (Å²) in [7, 11) is 0. The van der Waals surface area contributed by atoms with Gasteiger partial charge in [-0.25, -0.2) is 4.68 Å². The minimum Gasteiger partial charge on any atom is -0.233 e. The summed E-state index contributed by atoms with van der Waals surface area (Å²) in [6.07, 6.45) is 1.85. The van der Waals surface area contributed by atoms with Crippen molar-refractivity contribution in [1.29, 1.82) is 0 Å². The molecule has 1 radical (unpaired) electrons. The van der Waals surface area contributed by atoms with Gasteiger partial charge in [0, 0.05) is 9.86 Å². The summed E-state index contributed by atoms with van der Waals surface area (Å²) in [4.78, 5) is 0. The van der Waals surface area contributed by atoms with Crippen LogP contribution in [-0.4, -0.2) is 9.78 Å². The summed E-state index contributed by atoms with van der Waals surface area (Å²) in [5, 5.41) is 5.48. The topological polar surface area (TPSA) is 17.8 Å². The number of rotatable bonds is 1. The van der Waals surface area contributed by atoms with Crippen molar-refractivity contribution in [3.05, 3.63) is 59.2 Å². The van der Waals surface area contributed by atoms with Crippen LogP contribution in [0.4, 0.5) is 0 Å². The second-order valence-electron chi connectivity index (χ2n) is 3.52. The first kappa shape index (κ1) is 9.60. The molecule has 1 aromatic heterocycles. The van der Waals surface area contributed by atoms with E-state index in [-0.39, 0.29) is 0 Å². The Morgan fingerprint density at radius 2 is 2.19 bits per heavy atom. The molecule has 0 aliphatic heterocycles. The Balaban J connectivity index is 2.26. The van der Waals surface area contributed by atoms with Crippen LogP contribution >= 0.6 is 15.9 Å². The summed E-state index contributed by atoms with van der Waals surface area (Å²) >= 11 is 3.46. The Morgan fingerprint density at radius 3 is 3.06 bits per heavy atom. The lowest BCUT2D eigenvalue weighted by Gasteiger charge is -2.03. The third-order valence-electron chi connectivity index (χ3n) is 2.47. The molecule has 0 bridgehead atoms. The van der Waals surface area contributed by atoms with Crippen LogP contribution in [0.25, 0.3) is 16.6 Å². The minimum atomic E-state index is 1.05. The molecule has 0 spiro atoms. The Hall–Kier alpha value is -1.61. The Labute approximate surface area is 102 Å². The van der Waals surface area contributed by atoms with E-state index in [2.05, 4.69) is 27.1 Å². The van der Waals surface area contributed by atoms with Gasteiger partial charge in [0.25, 0.3) is 0 Å². The first-order valence-electron chi connectivity index (χ1n) is 4.94. The molecule has 0 fully saturated rings. The smallest absolute Gasteiger partial charge is 0.0741 e. The van der Waals surface area contributed by atoms with Crippen molar-refractivity contribution in [3.8, 4) is 5.69 Å². The predicted molar refractivity (Wildman–Crippen MR) is 67.6 cm³/mol. The first-order valence-corrected chi connectivity index (χ1v) is 5.74. The molecule has 1 heterocycles. The van der Waals surface area contributed by atoms with E-state index in [0.29, 0.717) is 0 Å². The van der Waals surface area contributed by atoms with Crippen molar-refractivity contribution in [3.63, 3.8) is 0 Å². The average Bonchev–Trinajstić information content (AvgIpc) is 2.72. The molecule has 0 atom stereocenters. The fourth-order valence-electron chi connectivity index (χ4n) is 1.73. The summed E-state index contributed by atoms with van der Waals surface area (Å²) < 4.78 is 2.98. The fourth-order valence-corrected chi connectivity index (χ4v) is 2.11. The van der Waals surface area contributed by atoms with E-state index in [1.54, 1.807) is 0 Å². The Kier molecular flexibility index (Phi) is 2.26. The Bertz CT molecular complexity index is 643. The molecule has 0 saturated carbocycles. The zero-order valence-electron chi connectivity index (χ0n) is 8.39. The summed E-state index contributed by atoms with van der Waals surface area (Å²) in [6, 6.07) is 17.0. The SMILES string of the molecule is Brc1cccc(-n2ncc3c[c]ccc32)c1. The minimum absolute atomic E-state index is 1.05. The van der Waals surface area contributed by atoms with Crippen molar-refractivity contribution >= 4 is 26.8 Å². The number of hydrogen-bond acceptors (Lipinski definition) is 1. The summed E-state index contributed by atoms with van der Waals surface area (Å²) in [6.45, 7) is 0. The first-order chi connectivity index (χ1) is 7.84. The molecule has 16 heavy (non-hydrogen) atoms. The van der Waals surface area contributed by atoms with Gasteiger partial charge in [0.15, 0.2) is 0 Å². The fraction of sp³-hybridized carbons (Fsp3) is 0. The molecule has 0 N–H and O–H groups in total. The van der Waals surface area contributed by atoms with Crippen LogP contribution in [0.1, 0.15) is 0 Å². The van der Waals surface area contributed by atoms with Gasteiger partial charge in [-0.3, -0.25) is 0 Å². The molecular weight excluding hydrogens is 264 g/mol. The lowest BCUT2D eigenvalue weighted by molar-refractivity contribution is 0.910. The molecule has 0 unspecified atom stereocenters. The number of hydrogen-bond donors (Lipinski definition) is 0. The van der Waals surface area contributed by atoms with Crippen LogP contribution in [0.15, 0.2) is 53.1 Å². The number of halogens is 1. The van der Waals surface area contributed by atoms with E-state index in [4.69, 9.17) is 0 Å². The zero-order chi connectivity index (χ0) is 11.0. The maximum atomic E-state index is 4.38. The lowest BCUT2D eigenvalue weighted by Crippen LogP contribution is -1.95. The number of fused-ring (bicyclic) bond motifs is 1. The highest BCUT2D eigenvalue weighted by Gasteiger charge is 2.03. The van der Waals surface area contributed by atoms with Gasteiger partial charge in [-0.2, -0.15) is 5.10 Å². The molecule has 77 valence electrons. The maximum absolute atomic E-state index is 4.38. The predicted octanol–water partition coefficient (Wildman–Crippen LogP) is 3.59. The number of benzene rings is 2. The molecule has 0 saturated heterocycles. The van der Waals surface area contributed by atoms with Crippen LogP contribution in [0, 0.1) is 6.07 Å². The van der Waals surface area contributed by atoms with Gasteiger partial charge in [-0.05, 0) is 36.4 Å². The number of nitrogens with zero attached hydrogens (tertiary/aromatic N) is 2. The van der Waals surface area contributed by atoms with Gasteiger partial charge in [-0.1, -0.05) is 28.1 Å². The molecule has 3 heteroatoms. The van der Waals surface area contributed by atoms with Crippen molar-refractivity contribution < 1.29 is 0 Å². The Morgan fingerprint density at radius 1 is 1.25 bits per heavy atom. The van der Waals surface area contributed by atoms with Crippen molar-refractivity contribution in [2.75, 3.05) is 0 Å². The van der Waals surface area contributed by atoms with Crippen LogP contribution in [0.3, 0.4) is 0 Å². The standard InChI is InChI=1S/C13H8BrN2/c14-11-5-3-6-12(8-11)16-13-7-2-1-4-10(13)9-15-16/h2-9H. The normalized spacial score (nSPS) is 10.8. The zero-order valence-corrected chi connectivity index (χ0v) is 9.98. The van der Waals surface area contributed by atoms with Crippen molar-refractivity contribution in [1.82, 2.24) is 9.78 Å². The van der Waals surface area contributed by atoms with E-state index in [0.717, 1.165) is 21.1 Å². The maximum Gasteiger partial charge on any atom is 0.0741 e. The van der Waals surface area contributed by atoms with E-state index < -0.39 is 0 Å². The highest BCUT2D eigenvalue weighted by molar-refractivity contribution is 9.10. The van der Waals surface area contributed by atoms with Gasteiger partial charge < -0.3 is 0 Å². The van der Waals surface area contributed by atoms with Gasteiger partial charge in [0.05, 0.1) is 17.4 Å². The third-order valence-corrected chi connectivity index (χ3v) is 2.96. The van der Waals surface area contributed by atoms with Gasteiger partial charge in [0.1, 0.15) is 0 Å². The van der Waals surface area contributed by atoms with Gasteiger partial charge in [-0.15, -0.1) is 0 Å². The van der Waals surface area contributed by atoms with Gasteiger partial charge in [0.2, 0.25) is 0 Å². The van der Waals surface area contributed by atoms with Crippen molar-refractivity contribution in [2.24, 2.45) is 0 Å². The van der Waals surface area contributed by atoms with Crippen molar-refractivity contribution in [2.45, 2.75) is 0 Å². The van der Waals surface area contributed by atoms with Crippen LogP contribution in [-0.2, 0) is 0 Å². The van der Waals surface area contributed by atoms with E-state index in [9.17, 15) is 0 Å². The quantitative estimate of drug-likeness (QED) is 0.662. The van der Waals surface area contributed by atoms with Crippen LogP contribution in [0.5, 0.6) is 0 Å². The monoisotopic (exact) mass is 271 g/mol. The lowest BCUT2D eigenvalue weighted by atomic mass is 10.2. The highest BCUT2D eigenvalue weighted by atomic mass is 79.9. The van der Waals surface area contributed by atoms with E-state index in [1.807, 2.05) is 53.3 Å². The van der Waals surface area contributed by atoms with E-state index >= 15 is 0 Å². The molecule has 2 aromatic carbocycles. The summed E-state index contributed by atoms with van der Waals surface area (Å²) in [5.74, 6) is 0. The van der Waals surface area contributed by atoms with Gasteiger partial charge >= 0.3 is 0 Å². The highest BCUT2D eigenvalue weighted by Crippen LogP contribution is 2.20. The molecule has 0 aliphatic carbocycles. The number of aromatic nitrogens is 2. The second kappa shape index (κ2) is 3.76. The average molecular weight is 272 g/mol. The molecule has 3 aromatic rings. The van der Waals surface area contributed by atoms with Crippen LogP contribution in [0.2, 0.25) is 0 Å². The second-order valence-corrected chi connectivity index (χ2v) is 4.44.